The van der Waals surface area contributed by atoms with Crippen molar-refractivity contribution in [3.05, 3.63) is 29.8 Å². The third kappa shape index (κ3) is 6.79. The maximum absolute atomic E-state index is 12.0. The van der Waals surface area contributed by atoms with Crippen LogP contribution in [0.15, 0.2) is 24.3 Å². The summed E-state index contributed by atoms with van der Waals surface area (Å²) >= 11 is 0. The Kier molecular flexibility index (Phi) is 5.76. The van der Waals surface area contributed by atoms with Crippen molar-refractivity contribution in [1.82, 2.24) is 5.32 Å². The molecule has 0 aromatic heterocycles. The molecule has 0 saturated carbocycles. The van der Waals surface area contributed by atoms with Crippen molar-refractivity contribution in [2.45, 2.75) is 40.2 Å². The minimum atomic E-state index is -0.559. The zero-order valence-electron chi connectivity index (χ0n) is 13.3. The van der Waals surface area contributed by atoms with E-state index in [1.165, 1.54) is 0 Å². The molecule has 0 heterocycles. The summed E-state index contributed by atoms with van der Waals surface area (Å²) in [5.74, 6) is 0.230. The Balaban J connectivity index is 2.68. The van der Waals surface area contributed by atoms with E-state index < -0.39 is 11.7 Å². The van der Waals surface area contributed by atoms with E-state index in [1.54, 1.807) is 45.0 Å². The van der Waals surface area contributed by atoms with E-state index in [1.807, 2.05) is 13.8 Å². The van der Waals surface area contributed by atoms with Gasteiger partial charge in [0.1, 0.15) is 5.60 Å². The number of benzene rings is 1. The standard InChI is InChI=1S/C16H24N2O3/c1-11(2)10-17-14(19)12-7-6-8-13(9-12)18-15(20)21-16(3,4)5/h6-9,11H,10H2,1-5H3,(H,17,19)(H,18,20). The topological polar surface area (TPSA) is 67.4 Å². The zero-order valence-corrected chi connectivity index (χ0v) is 13.3. The molecule has 1 aromatic rings. The number of carbonyl (C=O) groups is 2. The van der Waals surface area contributed by atoms with Crippen molar-refractivity contribution >= 4 is 17.7 Å². The van der Waals surface area contributed by atoms with Crippen LogP contribution in [0.25, 0.3) is 0 Å². The summed E-state index contributed by atoms with van der Waals surface area (Å²) in [6, 6.07) is 6.76. The monoisotopic (exact) mass is 292 g/mol. The van der Waals surface area contributed by atoms with Crippen molar-refractivity contribution in [3.8, 4) is 0 Å². The number of anilines is 1. The van der Waals surface area contributed by atoms with E-state index in [0.29, 0.717) is 23.7 Å². The van der Waals surface area contributed by atoms with E-state index >= 15 is 0 Å². The largest absolute Gasteiger partial charge is 0.444 e. The highest BCUT2D eigenvalue weighted by atomic mass is 16.6. The predicted molar refractivity (Wildman–Crippen MR) is 83.5 cm³/mol. The van der Waals surface area contributed by atoms with Crippen LogP contribution in [0.5, 0.6) is 0 Å². The van der Waals surface area contributed by atoms with Crippen LogP contribution in [0.3, 0.4) is 0 Å². The fourth-order valence-corrected chi connectivity index (χ4v) is 1.56. The van der Waals surface area contributed by atoms with E-state index in [9.17, 15) is 9.59 Å². The van der Waals surface area contributed by atoms with Gasteiger partial charge in [-0.3, -0.25) is 10.1 Å². The first kappa shape index (κ1) is 17.0. The lowest BCUT2D eigenvalue weighted by atomic mass is 10.1. The van der Waals surface area contributed by atoms with Crippen LogP contribution < -0.4 is 10.6 Å². The molecule has 0 atom stereocenters. The number of carbonyl (C=O) groups excluding carboxylic acids is 2. The minimum absolute atomic E-state index is 0.156. The molecule has 21 heavy (non-hydrogen) atoms. The molecule has 5 nitrogen and oxygen atoms in total. The number of rotatable bonds is 4. The van der Waals surface area contributed by atoms with Crippen molar-refractivity contribution in [3.63, 3.8) is 0 Å². The summed E-state index contributed by atoms with van der Waals surface area (Å²) in [5, 5.41) is 5.45. The van der Waals surface area contributed by atoms with Gasteiger partial charge >= 0.3 is 6.09 Å². The third-order valence-electron chi connectivity index (χ3n) is 2.44. The van der Waals surface area contributed by atoms with Crippen molar-refractivity contribution in [2.75, 3.05) is 11.9 Å². The first-order valence-electron chi connectivity index (χ1n) is 7.05. The van der Waals surface area contributed by atoms with Gasteiger partial charge in [0, 0.05) is 17.8 Å². The summed E-state index contributed by atoms with van der Waals surface area (Å²) < 4.78 is 5.17. The number of hydrogen-bond donors (Lipinski definition) is 2. The molecular weight excluding hydrogens is 268 g/mol. The summed E-state index contributed by atoms with van der Waals surface area (Å²) in [5.41, 5.74) is 0.474. The third-order valence-corrected chi connectivity index (χ3v) is 2.44. The van der Waals surface area contributed by atoms with Crippen LogP contribution in [0, 0.1) is 5.92 Å². The first-order chi connectivity index (χ1) is 9.67. The van der Waals surface area contributed by atoms with Gasteiger partial charge < -0.3 is 10.1 Å². The second kappa shape index (κ2) is 7.11. The van der Waals surface area contributed by atoms with E-state index in [2.05, 4.69) is 10.6 Å². The second-order valence-corrected chi connectivity index (χ2v) is 6.31. The molecule has 2 N–H and O–H groups in total. The molecular formula is C16H24N2O3. The Labute approximate surface area is 126 Å². The normalized spacial score (nSPS) is 11.1. The van der Waals surface area contributed by atoms with Gasteiger partial charge in [0.2, 0.25) is 0 Å². The molecule has 0 spiro atoms. The second-order valence-electron chi connectivity index (χ2n) is 6.31. The average molecular weight is 292 g/mol. The van der Waals surface area contributed by atoms with Gasteiger partial charge in [-0.15, -0.1) is 0 Å². The Hall–Kier alpha value is -2.04. The Morgan fingerprint density at radius 2 is 1.90 bits per heavy atom. The maximum atomic E-state index is 12.0. The summed E-state index contributed by atoms with van der Waals surface area (Å²) in [7, 11) is 0. The van der Waals surface area contributed by atoms with Crippen LogP contribution in [0.4, 0.5) is 10.5 Å². The highest BCUT2D eigenvalue weighted by Gasteiger charge is 2.16. The van der Waals surface area contributed by atoms with Gasteiger partial charge in [0.25, 0.3) is 5.91 Å². The van der Waals surface area contributed by atoms with Gasteiger partial charge in [-0.05, 0) is 44.9 Å². The summed E-state index contributed by atoms with van der Waals surface area (Å²) in [4.78, 5) is 23.7. The van der Waals surface area contributed by atoms with Crippen molar-refractivity contribution < 1.29 is 14.3 Å². The molecule has 0 radical (unpaired) electrons. The quantitative estimate of drug-likeness (QED) is 0.893. The number of nitrogens with one attached hydrogen (secondary N) is 2. The molecule has 0 saturated heterocycles. The highest BCUT2D eigenvalue weighted by Crippen LogP contribution is 2.13. The fourth-order valence-electron chi connectivity index (χ4n) is 1.56. The maximum Gasteiger partial charge on any atom is 0.412 e. The SMILES string of the molecule is CC(C)CNC(=O)c1cccc(NC(=O)OC(C)(C)C)c1. The number of amides is 2. The Morgan fingerprint density at radius 3 is 2.48 bits per heavy atom. The smallest absolute Gasteiger partial charge is 0.412 e. The first-order valence-corrected chi connectivity index (χ1v) is 7.05. The fraction of sp³-hybridized carbons (Fsp3) is 0.500. The molecule has 0 aliphatic rings. The Morgan fingerprint density at radius 1 is 1.24 bits per heavy atom. The van der Waals surface area contributed by atoms with E-state index in [0.717, 1.165) is 0 Å². The lowest BCUT2D eigenvalue weighted by molar-refractivity contribution is 0.0635. The van der Waals surface area contributed by atoms with Gasteiger partial charge in [-0.25, -0.2) is 4.79 Å². The molecule has 5 heteroatoms. The van der Waals surface area contributed by atoms with Crippen LogP contribution in [0.2, 0.25) is 0 Å². The van der Waals surface area contributed by atoms with E-state index in [-0.39, 0.29) is 5.91 Å². The number of ether oxygens (including phenoxy) is 1. The lowest BCUT2D eigenvalue weighted by Crippen LogP contribution is -2.28. The predicted octanol–water partition coefficient (Wildman–Crippen LogP) is 3.42. The molecule has 0 unspecified atom stereocenters. The van der Waals surface area contributed by atoms with Crippen molar-refractivity contribution in [1.29, 1.82) is 0 Å². The minimum Gasteiger partial charge on any atom is -0.444 e. The average Bonchev–Trinajstić information content (AvgIpc) is 2.33. The highest BCUT2D eigenvalue weighted by molar-refractivity contribution is 5.96. The molecule has 0 aliphatic heterocycles. The molecule has 1 rings (SSSR count). The van der Waals surface area contributed by atoms with Crippen LogP contribution in [-0.4, -0.2) is 24.1 Å². The molecule has 116 valence electrons. The van der Waals surface area contributed by atoms with Crippen LogP contribution >= 0.6 is 0 Å². The zero-order chi connectivity index (χ0) is 16.0. The van der Waals surface area contributed by atoms with Gasteiger partial charge in [0.05, 0.1) is 0 Å². The molecule has 1 aromatic carbocycles. The molecule has 0 fully saturated rings. The van der Waals surface area contributed by atoms with E-state index in [4.69, 9.17) is 4.74 Å². The lowest BCUT2D eigenvalue weighted by Gasteiger charge is -2.19. The van der Waals surface area contributed by atoms with Gasteiger partial charge in [-0.2, -0.15) is 0 Å². The van der Waals surface area contributed by atoms with Gasteiger partial charge in [-0.1, -0.05) is 19.9 Å². The summed E-state index contributed by atoms with van der Waals surface area (Å²) in [6.07, 6.45) is -0.540. The molecule has 0 bridgehead atoms. The summed E-state index contributed by atoms with van der Waals surface area (Å²) in [6.45, 7) is 10.1. The van der Waals surface area contributed by atoms with Gasteiger partial charge in [0.15, 0.2) is 0 Å². The molecule has 0 aliphatic carbocycles. The number of hydrogen-bond acceptors (Lipinski definition) is 3. The van der Waals surface area contributed by atoms with Crippen LogP contribution in [0.1, 0.15) is 45.0 Å². The van der Waals surface area contributed by atoms with Crippen molar-refractivity contribution in [2.24, 2.45) is 5.92 Å². The van der Waals surface area contributed by atoms with Crippen LogP contribution in [-0.2, 0) is 4.74 Å². The Bertz CT molecular complexity index is 504. The molecule has 2 amide bonds.